The van der Waals surface area contributed by atoms with E-state index in [2.05, 4.69) is 16.4 Å². The van der Waals surface area contributed by atoms with Gasteiger partial charge >= 0.3 is 0 Å². The fraction of sp³-hybridized carbons (Fsp3) is 0.182. The minimum Gasteiger partial charge on any atom is -0.493 e. The average molecular weight is 392 g/mol. The molecule has 2 heterocycles. The molecule has 0 aliphatic heterocycles. The van der Waals surface area contributed by atoms with E-state index in [1.54, 1.807) is 14.2 Å². The first kappa shape index (κ1) is 18.3. The van der Waals surface area contributed by atoms with E-state index in [-0.39, 0.29) is 5.91 Å². The molecular weight excluding hydrogens is 372 g/mol. The standard InChI is InChI=1S/C22H20N2O3S/c1-26-18-8-7-14(11-19(18)27-2)9-10-23-21(25)20-13-16-12-15-5-3-4-6-17(15)24-22(16)28-20/h3-8,11-13H,9-10H2,1-2H3,(H,23,25). The molecule has 0 bridgehead atoms. The van der Waals surface area contributed by atoms with Crippen LogP contribution in [-0.2, 0) is 6.42 Å². The molecular formula is C22H20N2O3S. The molecule has 5 nitrogen and oxygen atoms in total. The molecule has 0 spiro atoms. The van der Waals surface area contributed by atoms with Crippen LogP contribution in [0.1, 0.15) is 15.2 Å². The molecule has 2 aromatic heterocycles. The van der Waals surface area contributed by atoms with Crippen LogP contribution in [0.4, 0.5) is 0 Å². The number of carbonyl (C=O) groups is 1. The number of ether oxygens (including phenoxy) is 2. The van der Waals surface area contributed by atoms with Crippen molar-refractivity contribution in [2.45, 2.75) is 6.42 Å². The summed E-state index contributed by atoms with van der Waals surface area (Å²) < 4.78 is 10.6. The number of fused-ring (bicyclic) bond motifs is 2. The van der Waals surface area contributed by atoms with Gasteiger partial charge in [0.25, 0.3) is 5.91 Å². The second-order valence-corrected chi connectivity index (χ2v) is 7.41. The molecule has 0 unspecified atom stereocenters. The molecule has 2 aromatic carbocycles. The fourth-order valence-corrected chi connectivity index (χ4v) is 4.07. The number of amides is 1. The van der Waals surface area contributed by atoms with Gasteiger partial charge in [-0.3, -0.25) is 4.79 Å². The van der Waals surface area contributed by atoms with E-state index < -0.39 is 0 Å². The maximum Gasteiger partial charge on any atom is 0.261 e. The Bertz CT molecular complexity index is 1100. The van der Waals surface area contributed by atoms with E-state index in [0.717, 1.165) is 26.7 Å². The SMILES string of the molecule is COc1ccc(CCNC(=O)c2cc3cc4ccccc4nc3s2)cc1OC. The molecule has 0 atom stereocenters. The van der Waals surface area contributed by atoms with Gasteiger partial charge in [-0.15, -0.1) is 11.3 Å². The second-order valence-electron chi connectivity index (χ2n) is 6.38. The van der Waals surface area contributed by atoms with E-state index in [4.69, 9.17) is 9.47 Å². The maximum atomic E-state index is 12.5. The highest BCUT2D eigenvalue weighted by Crippen LogP contribution is 2.28. The predicted octanol–water partition coefficient (Wildman–Crippen LogP) is 4.44. The van der Waals surface area contributed by atoms with Crippen molar-refractivity contribution in [3.63, 3.8) is 0 Å². The number of carbonyl (C=O) groups excluding carboxylic acids is 1. The van der Waals surface area contributed by atoms with Crippen LogP contribution in [0, 0.1) is 0 Å². The summed E-state index contributed by atoms with van der Waals surface area (Å²) >= 11 is 1.42. The molecule has 1 amide bonds. The number of hydrogen-bond acceptors (Lipinski definition) is 5. The summed E-state index contributed by atoms with van der Waals surface area (Å²) in [4.78, 5) is 18.8. The van der Waals surface area contributed by atoms with Crippen molar-refractivity contribution >= 4 is 38.4 Å². The summed E-state index contributed by atoms with van der Waals surface area (Å²) in [5.41, 5.74) is 2.01. The molecule has 6 heteroatoms. The first-order valence-electron chi connectivity index (χ1n) is 8.96. The molecule has 0 aliphatic carbocycles. The van der Waals surface area contributed by atoms with Crippen LogP contribution < -0.4 is 14.8 Å². The summed E-state index contributed by atoms with van der Waals surface area (Å²) in [7, 11) is 3.23. The van der Waals surface area contributed by atoms with Gasteiger partial charge in [0.05, 0.1) is 24.6 Å². The number of nitrogens with one attached hydrogen (secondary N) is 1. The van der Waals surface area contributed by atoms with Crippen LogP contribution in [0.15, 0.2) is 54.6 Å². The minimum atomic E-state index is -0.0764. The van der Waals surface area contributed by atoms with E-state index in [9.17, 15) is 4.79 Å². The Balaban J connectivity index is 1.44. The number of rotatable bonds is 6. The summed E-state index contributed by atoms with van der Waals surface area (Å²) in [6, 6.07) is 17.7. The average Bonchev–Trinajstić information content (AvgIpc) is 3.14. The van der Waals surface area contributed by atoms with Crippen molar-refractivity contribution in [3.8, 4) is 11.5 Å². The number of thiophene rings is 1. The van der Waals surface area contributed by atoms with Crippen molar-refractivity contribution in [2.75, 3.05) is 20.8 Å². The van der Waals surface area contributed by atoms with Crippen LogP contribution in [-0.4, -0.2) is 31.7 Å². The van der Waals surface area contributed by atoms with Gasteiger partial charge in [0.15, 0.2) is 11.5 Å². The Morgan fingerprint density at radius 2 is 1.82 bits per heavy atom. The predicted molar refractivity (Wildman–Crippen MR) is 113 cm³/mol. The van der Waals surface area contributed by atoms with Crippen molar-refractivity contribution in [1.82, 2.24) is 10.3 Å². The molecule has 0 fully saturated rings. The normalized spacial score (nSPS) is 10.9. The zero-order valence-corrected chi connectivity index (χ0v) is 16.5. The topological polar surface area (TPSA) is 60.5 Å². The Hall–Kier alpha value is -3.12. The third-order valence-corrected chi connectivity index (χ3v) is 5.62. The van der Waals surface area contributed by atoms with E-state index in [1.165, 1.54) is 11.3 Å². The summed E-state index contributed by atoms with van der Waals surface area (Å²) in [5, 5.41) is 5.06. The first-order chi connectivity index (χ1) is 13.7. The number of para-hydroxylation sites is 1. The van der Waals surface area contributed by atoms with E-state index in [1.807, 2.05) is 48.5 Å². The van der Waals surface area contributed by atoms with Crippen molar-refractivity contribution in [3.05, 3.63) is 65.0 Å². The fourth-order valence-electron chi connectivity index (χ4n) is 3.13. The highest BCUT2D eigenvalue weighted by molar-refractivity contribution is 7.20. The lowest BCUT2D eigenvalue weighted by molar-refractivity contribution is 0.0958. The number of methoxy groups -OCH3 is 2. The molecule has 0 aliphatic rings. The van der Waals surface area contributed by atoms with Crippen LogP contribution in [0.5, 0.6) is 11.5 Å². The van der Waals surface area contributed by atoms with E-state index in [0.29, 0.717) is 29.3 Å². The molecule has 1 N–H and O–H groups in total. The van der Waals surface area contributed by atoms with Crippen molar-refractivity contribution in [1.29, 1.82) is 0 Å². The van der Waals surface area contributed by atoms with Crippen LogP contribution >= 0.6 is 11.3 Å². The van der Waals surface area contributed by atoms with Crippen molar-refractivity contribution < 1.29 is 14.3 Å². The van der Waals surface area contributed by atoms with Gasteiger partial charge in [-0.2, -0.15) is 0 Å². The maximum absolute atomic E-state index is 12.5. The van der Waals surface area contributed by atoms with Gasteiger partial charge in [-0.1, -0.05) is 24.3 Å². The minimum absolute atomic E-state index is 0.0764. The lowest BCUT2D eigenvalue weighted by Crippen LogP contribution is -2.24. The van der Waals surface area contributed by atoms with Gasteiger partial charge in [0, 0.05) is 17.3 Å². The molecule has 4 aromatic rings. The second kappa shape index (κ2) is 7.86. The molecule has 0 saturated heterocycles. The molecule has 0 radical (unpaired) electrons. The van der Waals surface area contributed by atoms with Crippen LogP contribution in [0.3, 0.4) is 0 Å². The molecule has 0 saturated carbocycles. The Morgan fingerprint density at radius 1 is 1.00 bits per heavy atom. The zero-order chi connectivity index (χ0) is 19.5. The summed E-state index contributed by atoms with van der Waals surface area (Å²) in [5.74, 6) is 1.31. The Kier molecular flexibility index (Phi) is 5.12. The third-order valence-electron chi connectivity index (χ3n) is 4.58. The highest BCUT2D eigenvalue weighted by Gasteiger charge is 2.12. The van der Waals surface area contributed by atoms with Gasteiger partial charge in [0.1, 0.15) is 4.83 Å². The van der Waals surface area contributed by atoms with Gasteiger partial charge in [-0.25, -0.2) is 4.98 Å². The number of aromatic nitrogens is 1. The zero-order valence-electron chi connectivity index (χ0n) is 15.7. The van der Waals surface area contributed by atoms with Crippen LogP contribution in [0.2, 0.25) is 0 Å². The highest BCUT2D eigenvalue weighted by atomic mass is 32.1. The van der Waals surface area contributed by atoms with Gasteiger partial charge < -0.3 is 14.8 Å². The van der Waals surface area contributed by atoms with Gasteiger partial charge in [-0.05, 0) is 42.3 Å². The quantitative estimate of drug-likeness (QED) is 0.527. The monoisotopic (exact) mass is 392 g/mol. The number of hydrogen-bond donors (Lipinski definition) is 1. The molecule has 28 heavy (non-hydrogen) atoms. The largest absolute Gasteiger partial charge is 0.493 e. The summed E-state index contributed by atoms with van der Waals surface area (Å²) in [6.45, 7) is 0.540. The lowest BCUT2D eigenvalue weighted by Gasteiger charge is -2.09. The molecule has 142 valence electrons. The lowest BCUT2D eigenvalue weighted by atomic mass is 10.1. The first-order valence-corrected chi connectivity index (χ1v) is 9.78. The Morgan fingerprint density at radius 3 is 2.64 bits per heavy atom. The van der Waals surface area contributed by atoms with Gasteiger partial charge in [0.2, 0.25) is 0 Å². The third kappa shape index (κ3) is 3.64. The van der Waals surface area contributed by atoms with Crippen molar-refractivity contribution in [2.24, 2.45) is 0 Å². The number of pyridine rings is 1. The Labute approximate surface area is 166 Å². The molecule has 4 rings (SSSR count). The number of benzene rings is 2. The summed E-state index contributed by atoms with van der Waals surface area (Å²) in [6.07, 6.45) is 0.707. The van der Waals surface area contributed by atoms with Crippen LogP contribution in [0.25, 0.3) is 21.1 Å². The number of nitrogens with zero attached hydrogens (tertiary/aromatic N) is 1. The van der Waals surface area contributed by atoms with E-state index >= 15 is 0 Å². The smallest absolute Gasteiger partial charge is 0.261 e.